The highest BCUT2D eigenvalue weighted by Gasteiger charge is 2.27. The maximum atomic E-state index is 4.28. The summed E-state index contributed by atoms with van der Waals surface area (Å²) in [7, 11) is 0. The Bertz CT molecular complexity index is 328. The van der Waals surface area contributed by atoms with Crippen molar-refractivity contribution in [2.45, 2.75) is 25.3 Å². The van der Waals surface area contributed by atoms with Gasteiger partial charge in [-0.15, -0.1) is 10.2 Å². The van der Waals surface area contributed by atoms with Gasteiger partial charge in [-0.2, -0.15) is 0 Å². The average molecular weight is 224 g/mol. The fourth-order valence-electron chi connectivity index (χ4n) is 1.89. The summed E-state index contributed by atoms with van der Waals surface area (Å²) in [6, 6.07) is 0. The molecule has 0 unspecified atom stereocenters. The largest absolute Gasteiger partial charge is 0.314 e. The molecule has 2 heterocycles. The van der Waals surface area contributed by atoms with E-state index in [4.69, 9.17) is 0 Å². The molecule has 2 fully saturated rings. The Balaban J connectivity index is 1.60. The quantitative estimate of drug-likeness (QED) is 0.825. The first-order chi connectivity index (χ1) is 7.42. The van der Waals surface area contributed by atoms with Crippen molar-refractivity contribution in [1.82, 2.24) is 20.4 Å². The summed E-state index contributed by atoms with van der Waals surface area (Å²) in [6.45, 7) is 5.48. The third-order valence-electron chi connectivity index (χ3n) is 2.98. The predicted octanol–water partition coefficient (Wildman–Crippen LogP) is 0.821. The van der Waals surface area contributed by atoms with Gasteiger partial charge in [0.15, 0.2) is 0 Å². The summed E-state index contributed by atoms with van der Waals surface area (Å²) in [5, 5.41) is 14.4. The predicted molar refractivity (Wildman–Crippen MR) is 60.0 cm³/mol. The molecule has 15 heavy (non-hydrogen) atoms. The molecule has 0 spiro atoms. The van der Waals surface area contributed by atoms with Gasteiger partial charge in [0, 0.05) is 32.1 Å². The van der Waals surface area contributed by atoms with Crippen LogP contribution in [0.4, 0.5) is 0 Å². The van der Waals surface area contributed by atoms with Gasteiger partial charge < -0.3 is 5.32 Å². The van der Waals surface area contributed by atoms with E-state index in [9.17, 15) is 0 Å². The number of piperazine rings is 1. The molecule has 0 atom stereocenters. The van der Waals surface area contributed by atoms with Crippen LogP contribution >= 0.6 is 11.3 Å². The topological polar surface area (TPSA) is 41.1 Å². The van der Waals surface area contributed by atoms with Crippen LogP contribution in [-0.2, 0) is 6.54 Å². The van der Waals surface area contributed by atoms with Gasteiger partial charge in [0.05, 0.1) is 6.54 Å². The van der Waals surface area contributed by atoms with E-state index in [2.05, 4.69) is 20.4 Å². The van der Waals surface area contributed by atoms with Gasteiger partial charge in [-0.25, -0.2) is 0 Å². The van der Waals surface area contributed by atoms with Crippen LogP contribution in [0, 0.1) is 0 Å². The number of nitrogens with zero attached hydrogens (tertiary/aromatic N) is 3. The Labute approximate surface area is 93.7 Å². The summed E-state index contributed by atoms with van der Waals surface area (Å²) in [5.74, 6) is 0.749. The fourth-order valence-corrected chi connectivity index (χ4v) is 2.94. The number of rotatable bonds is 3. The average Bonchev–Trinajstić information content (AvgIpc) is 3.02. The van der Waals surface area contributed by atoms with Crippen LogP contribution in [0.3, 0.4) is 0 Å². The van der Waals surface area contributed by atoms with Gasteiger partial charge in [-0.1, -0.05) is 11.3 Å². The number of aromatic nitrogens is 2. The standard InChI is InChI=1S/C10H16N4S/c1-2-8(1)10-13-12-9(15-10)7-14-5-3-11-4-6-14/h8,11H,1-7H2. The minimum absolute atomic E-state index is 0.749. The zero-order valence-electron chi connectivity index (χ0n) is 8.78. The summed E-state index contributed by atoms with van der Waals surface area (Å²) < 4.78 is 0. The van der Waals surface area contributed by atoms with Crippen LogP contribution in [0.15, 0.2) is 0 Å². The van der Waals surface area contributed by atoms with Crippen molar-refractivity contribution in [1.29, 1.82) is 0 Å². The normalized spacial score (nSPS) is 23.2. The Kier molecular flexibility index (Phi) is 2.68. The molecule has 82 valence electrons. The summed E-state index contributed by atoms with van der Waals surface area (Å²) in [4.78, 5) is 2.45. The van der Waals surface area contributed by atoms with Crippen LogP contribution in [0.25, 0.3) is 0 Å². The second-order valence-corrected chi connectivity index (χ2v) is 5.43. The monoisotopic (exact) mass is 224 g/mol. The molecule has 1 saturated carbocycles. The van der Waals surface area contributed by atoms with Gasteiger partial charge in [-0.3, -0.25) is 4.90 Å². The molecule has 4 nitrogen and oxygen atoms in total. The lowest BCUT2D eigenvalue weighted by atomic mass is 10.4. The zero-order chi connectivity index (χ0) is 10.1. The van der Waals surface area contributed by atoms with E-state index in [0.29, 0.717) is 0 Å². The minimum Gasteiger partial charge on any atom is -0.314 e. The SMILES string of the molecule is C1CN(Cc2nnc(C3CC3)s2)CCN1. The minimum atomic E-state index is 0.749. The lowest BCUT2D eigenvalue weighted by Crippen LogP contribution is -2.42. The molecule has 3 rings (SSSR count). The van der Waals surface area contributed by atoms with Gasteiger partial charge in [-0.05, 0) is 12.8 Å². The molecule has 1 N–H and O–H groups in total. The number of nitrogens with one attached hydrogen (secondary N) is 1. The molecular formula is C10H16N4S. The number of hydrogen-bond donors (Lipinski definition) is 1. The van der Waals surface area contributed by atoms with Gasteiger partial charge in [0.1, 0.15) is 10.0 Å². The molecule has 0 amide bonds. The summed E-state index contributed by atoms with van der Waals surface area (Å²) in [5.41, 5.74) is 0. The maximum Gasteiger partial charge on any atom is 0.131 e. The second-order valence-electron chi connectivity index (χ2n) is 4.33. The third kappa shape index (κ3) is 2.35. The molecule has 2 aliphatic rings. The Morgan fingerprint density at radius 2 is 2.07 bits per heavy atom. The molecule has 5 heteroatoms. The zero-order valence-corrected chi connectivity index (χ0v) is 9.59. The lowest BCUT2D eigenvalue weighted by molar-refractivity contribution is 0.232. The molecular weight excluding hydrogens is 208 g/mol. The van der Waals surface area contributed by atoms with E-state index in [1.807, 2.05) is 11.3 Å². The van der Waals surface area contributed by atoms with E-state index in [-0.39, 0.29) is 0 Å². The molecule has 0 aromatic carbocycles. The molecule has 1 aliphatic carbocycles. The van der Waals surface area contributed by atoms with Crippen molar-refractivity contribution in [3.05, 3.63) is 10.0 Å². The van der Waals surface area contributed by atoms with Crippen molar-refractivity contribution >= 4 is 11.3 Å². The molecule has 1 aromatic heterocycles. The van der Waals surface area contributed by atoms with E-state index >= 15 is 0 Å². The Hall–Kier alpha value is -0.520. The van der Waals surface area contributed by atoms with Gasteiger partial charge in [0.25, 0.3) is 0 Å². The van der Waals surface area contributed by atoms with Crippen LogP contribution in [0.5, 0.6) is 0 Å². The highest BCUT2D eigenvalue weighted by atomic mass is 32.1. The van der Waals surface area contributed by atoms with Crippen molar-refractivity contribution in [2.75, 3.05) is 26.2 Å². The van der Waals surface area contributed by atoms with Crippen LogP contribution in [-0.4, -0.2) is 41.3 Å². The number of hydrogen-bond acceptors (Lipinski definition) is 5. The molecule has 0 radical (unpaired) electrons. The first-order valence-corrected chi connectivity index (χ1v) is 6.49. The van der Waals surface area contributed by atoms with Crippen LogP contribution < -0.4 is 5.32 Å². The highest BCUT2D eigenvalue weighted by molar-refractivity contribution is 7.11. The first-order valence-electron chi connectivity index (χ1n) is 5.67. The highest BCUT2D eigenvalue weighted by Crippen LogP contribution is 2.41. The summed E-state index contributed by atoms with van der Waals surface area (Å²) >= 11 is 1.81. The van der Waals surface area contributed by atoms with Crippen molar-refractivity contribution in [2.24, 2.45) is 0 Å². The smallest absolute Gasteiger partial charge is 0.131 e. The fraction of sp³-hybridized carbons (Fsp3) is 0.800. The Morgan fingerprint density at radius 3 is 2.80 bits per heavy atom. The second kappa shape index (κ2) is 4.15. The molecule has 1 aliphatic heterocycles. The Morgan fingerprint density at radius 1 is 1.27 bits per heavy atom. The third-order valence-corrected chi connectivity index (χ3v) is 4.05. The molecule has 0 bridgehead atoms. The van der Waals surface area contributed by atoms with E-state index in [0.717, 1.165) is 38.6 Å². The van der Waals surface area contributed by atoms with E-state index < -0.39 is 0 Å². The van der Waals surface area contributed by atoms with E-state index in [1.54, 1.807) is 0 Å². The maximum absolute atomic E-state index is 4.28. The van der Waals surface area contributed by atoms with Crippen LogP contribution in [0.2, 0.25) is 0 Å². The molecule has 1 aromatic rings. The van der Waals surface area contributed by atoms with Gasteiger partial charge >= 0.3 is 0 Å². The lowest BCUT2D eigenvalue weighted by Gasteiger charge is -2.25. The first kappa shape index (κ1) is 9.69. The van der Waals surface area contributed by atoms with E-state index in [1.165, 1.54) is 22.9 Å². The van der Waals surface area contributed by atoms with Crippen LogP contribution in [0.1, 0.15) is 28.8 Å². The van der Waals surface area contributed by atoms with Crippen molar-refractivity contribution in [3.8, 4) is 0 Å². The van der Waals surface area contributed by atoms with Gasteiger partial charge in [0.2, 0.25) is 0 Å². The van der Waals surface area contributed by atoms with Crippen molar-refractivity contribution < 1.29 is 0 Å². The van der Waals surface area contributed by atoms with Crippen molar-refractivity contribution in [3.63, 3.8) is 0 Å². The summed E-state index contributed by atoms with van der Waals surface area (Å²) in [6.07, 6.45) is 2.64. The molecule has 1 saturated heterocycles.